The average Bonchev–Trinajstić information content (AvgIpc) is 3.05. The van der Waals surface area contributed by atoms with E-state index >= 15 is 0 Å². The second kappa shape index (κ2) is 8.84. The quantitative estimate of drug-likeness (QED) is 0.665. The van der Waals surface area contributed by atoms with Crippen molar-refractivity contribution in [2.75, 3.05) is 43.6 Å². The van der Waals surface area contributed by atoms with Gasteiger partial charge in [0.05, 0.1) is 17.9 Å². The Labute approximate surface area is 183 Å². The first-order chi connectivity index (χ1) is 15.0. The molecule has 4 rings (SSSR count). The minimum Gasteiger partial charge on any atom is -0.494 e. The largest absolute Gasteiger partial charge is 0.494 e. The van der Waals surface area contributed by atoms with Crippen molar-refractivity contribution in [3.8, 4) is 5.75 Å². The van der Waals surface area contributed by atoms with Crippen LogP contribution >= 0.6 is 0 Å². The van der Waals surface area contributed by atoms with E-state index in [4.69, 9.17) is 4.74 Å². The van der Waals surface area contributed by atoms with Crippen LogP contribution < -0.4 is 14.5 Å². The Morgan fingerprint density at radius 3 is 2.29 bits per heavy atom. The molecule has 6 heteroatoms. The monoisotopic (exact) mass is 419 g/mol. The van der Waals surface area contributed by atoms with Crippen molar-refractivity contribution in [2.45, 2.75) is 26.2 Å². The number of imide groups is 1. The van der Waals surface area contributed by atoms with Crippen LogP contribution in [-0.2, 0) is 9.59 Å². The first kappa shape index (κ1) is 21.0. The molecule has 1 fully saturated rings. The van der Waals surface area contributed by atoms with Crippen LogP contribution in [0.25, 0.3) is 5.57 Å². The molecule has 162 valence electrons. The van der Waals surface area contributed by atoms with Crippen LogP contribution in [0, 0.1) is 0 Å². The molecule has 2 aliphatic heterocycles. The molecular weight excluding hydrogens is 390 g/mol. The molecule has 2 aromatic carbocycles. The maximum atomic E-state index is 13.6. The highest BCUT2D eigenvalue weighted by atomic mass is 16.5. The number of hydrogen-bond acceptors (Lipinski definition) is 5. The molecule has 0 atom stereocenters. The zero-order chi connectivity index (χ0) is 22.0. The summed E-state index contributed by atoms with van der Waals surface area (Å²) in [7, 11) is 3.88. The predicted molar refractivity (Wildman–Crippen MR) is 123 cm³/mol. The lowest BCUT2D eigenvalue weighted by molar-refractivity contribution is -0.120. The van der Waals surface area contributed by atoms with Gasteiger partial charge in [-0.15, -0.1) is 0 Å². The molecule has 2 amide bonds. The van der Waals surface area contributed by atoms with Crippen LogP contribution in [-0.4, -0.2) is 50.5 Å². The summed E-state index contributed by atoms with van der Waals surface area (Å²) in [4.78, 5) is 32.6. The third-order valence-electron chi connectivity index (χ3n) is 5.79. The predicted octanol–water partition coefficient (Wildman–Crippen LogP) is 3.92. The molecule has 0 unspecified atom stereocenters. The van der Waals surface area contributed by atoms with E-state index in [1.807, 2.05) is 74.4 Å². The van der Waals surface area contributed by atoms with Crippen molar-refractivity contribution >= 4 is 28.8 Å². The number of piperidine rings is 1. The maximum absolute atomic E-state index is 13.6. The molecule has 2 aromatic rings. The second-order valence-electron chi connectivity index (χ2n) is 8.09. The summed E-state index contributed by atoms with van der Waals surface area (Å²) < 4.78 is 5.55. The summed E-state index contributed by atoms with van der Waals surface area (Å²) in [6.07, 6.45) is 3.20. The van der Waals surface area contributed by atoms with E-state index in [0.717, 1.165) is 49.4 Å². The maximum Gasteiger partial charge on any atom is 0.282 e. The molecule has 0 spiro atoms. The van der Waals surface area contributed by atoms with Gasteiger partial charge in [-0.25, -0.2) is 4.90 Å². The lowest BCUT2D eigenvalue weighted by Gasteiger charge is -2.29. The van der Waals surface area contributed by atoms with Crippen LogP contribution in [0.2, 0.25) is 0 Å². The van der Waals surface area contributed by atoms with E-state index in [2.05, 4.69) is 4.90 Å². The van der Waals surface area contributed by atoms with Gasteiger partial charge in [0.15, 0.2) is 0 Å². The van der Waals surface area contributed by atoms with Crippen LogP contribution in [0.3, 0.4) is 0 Å². The molecule has 0 bridgehead atoms. The Bertz CT molecular complexity index is 1000. The lowest BCUT2D eigenvalue weighted by Crippen LogP contribution is -2.37. The molecule has 2 heterocycles. The first-order valence-corrected chi connectivity index (χ1v) is 10.9. The molecular formula is C25H29N3O3. The van der Waals surface area contributed by atoms with E-state index in [9.17, 15) is 9.59 Å². The Morgan fingerprint density at radius 1 is 0.935 bits per heavy atom. The van der Waals surface area contributed by atoms with Gasteiger partial charge >= 0.3 is 0 Å². The third kappa shape index (κ3) is 4.02. The molecule has 1 saturated heterocycles. The van der Waals surface area contributed by atoms with Crippen LogP contribution in [0.1, 0.15) is 31.7 Å². The minimum absolute atomic E-state index is 0.244. The van der Waals surface area contributed by atoms with Gasteiger partial charge in [-0.05, 0) is 62.1 Å². The number of amides is 2. The van der Waals surface area contributed by atoms with Gasteiger partial charge in [0.25, 0.3) is 11.8 Å². The van der Waals surface area contributed by atoms with Gasteiger partial charge in [-0.2, -0.15) is 0 Å². The Kier molecular flexibility index (Phi) is 5.98. The fraction of sp³-hybridized carbons (Fsp3) is 0.360. The molecule has 31 heavy (non-hydrogen) atoms. The van der Waals surface area contributed by atoms with Gasteiger partial charge in [0.1, 0.15) is 11.4 Å². The average molecular weight is 420 g/mol. The summed E-state index contributed by atoms with van der Waals surface area (Å²) in [5, 5.41) is 0. The molecule has 0 radical (unpaired) electrons. The molecule has 0 aromatic heterocycles. The molecule has 0 saturated carbocycles. The summed E-state index contributed by atoms with van der Waals surface area (Å²) >= 11 is 0. The summed E-state index contributed by atoms with van der Waals surface area (Å²) in [5.41, 5.74) is 3.27. The summed E-state index contributed by atoms with van der Waals surface area (Å²) in [5.74, 6) is 0.232. The SMILES string of the molecule is CCOc1ccc(C2=C(N3CCCCC3)C(=O)N(c3cccc(N(C)C)c3)C2=O)cc1. The number of ether oxygens (including phenoxy) is 1. The van der Waals surface area contributed by atoms with Crippen molar-refractivity contribution in [1.29, 1.82) is 0 Å². The number of likely N-dealkylation sites (tertiary alicyclic amines) is 1. The standard InChI is InChI=1S/C25H29N3O3/c1-4-31-21-13-11-18(12-14-21)22-23(27-15-6-5-7-16-27)25(30)28(24(22)29)20-10-8-9-19(17-20)26(2)3/h8-14,17H,4-7,15-16H2,1-3H3. The van der Waals surface area contributed by atoms with Gasteiger partial charge in [0, 0.05) is 32.9 Å². The van der Waals surface area contributed by atoms with Crippen LogP contribution in [0.15, 0.2) is 54.2 Å². The molecule has 2 aliphatic rings. The second-order valence-corrected chi connectivity index (χ2v) is 8.09. The summed E-state index contributed by atoms with van der Waals surface area (Å²) in [6, 6.07) is 15.0. The number of benzene rings is 2. The van der Waals surface area contributed by atoms with Crippen molar-refractivity contribution in [1.82, 2.24) is 4.90 Å². The smallest absolute Gasteiger partial charge is 0.282 e. The normalized spacial score (nSPS) is 16.9. The summed E-state index contributed by atoms with van der Waals surface area (Å²) in [6.45, 7) is 4.10. The first-order valence-electron chi connectivity index (χ1n) is 10.9. The minimum atomic E-state index is -0.273. The van der Waals surface area contributed by atoms with E-state index in [0.29, 0.717) is 23.6 Å². The van der Waals surface area contributed by atoms with E-state index < -0.39 is 0 Å². The number of carbonyl (C=O) groups excluding carboxylic acids is 2. The number of nitrogens with zero attached hydrogens (tertiary/aromatic N) is 3. The van der Waals surface area contributed by atoms with Crippen molar-refractivity contribution in [3.05, 3.63) is 59.8 Å². The molecule has 0 aliphatic carbocycles. The van der Waals surface area contributed by atoms with E-state index in [-0.39, 0.29) is 11.8 Å². The fourth-order valence-electron chi connectivity index (χ4n) is 4.22. The van der Waals surface area contributed by atoms with Crippen molar-refractivity contribution in [3.63, 3.8) is 0 Å². The number of carbonyl (C=O) groups is 2. The number of hydrogen-bond donors (Lipinski definition) is 0. The number of rotatable bonds is 6. The molecule has 6 nitrogen and oxygen atoms in total. The van der Waals surface area contributed by atoms with Crippen molar-refractivity contribution in [2.24, 2.45) is 0 Å². The van der Waals surface area contributed by atoms with Gasteiger partial charge in [-0.1, -0.05) is 18.2 Å². The fourth-order valence-corrected chi connectivity index (χ4v) is 4.22. The van der Waals surface area contributed by atoms with Crippen molar-refractivity contribution < 1.29 is 14.3 Å². The topological polar surface area (TPSA) is 53.1 Å². The lowest BCUT2D eigenvalue weighted by atomic mass is 10.0. The number of anilines is 2. The Hall–Kier alpha value is -3.28. The zero-order valence-electron chi connectivity index (χ0n) is 18.4. The highest BCUT2D eigenvalue weighted by molar-refractivity contribution is 6.45. The Morgan fingerprint density at radius 2 is 1.65 bits per heavy atom. The van der Waals surface area contributed by atoms with Gasteiger partial charge in [-0.3, -0.25) is 9.59 Å². The van der Waals surface area contributed by atoms with Gasteiger partial charge < -0.3 is 14.5 Å². The Balaban J connectivity index is 1.78. The highest BCUT2D eigenvalue weighted by Gasteiger charge is 2.42. The molecule has 0 N–H and O–H groups in total. The van der Waals surface area contributed by atoms with Crippen LogP contribution in [0.4, 0.5) is 11.4 Å². The zero-order valence-corrected chi connectivity index (χ0v) is 18.4. The van der Waals surface area contributed by atoms with Crippen LogP contribution in [0.5, 0.6) is 5.75 Å². The van der Waals surface area contributed by atoms with E-state index in [1.165, 1.54) is 4.90 Å². The van der Waals surface area contributed by atoms with E-state index in [1.54, 1.807) is 0 Å². The third-order valence-corrected chi connectivity index (χ3v) is 5.79. The highest BCUT2D eigenvalue weighted by Crippen LogP contribution is 2.37. The van der Waals surface area contributed by atoms with Gasteiger partial charge in [0.2, 0.25) is 0 Å².